The Balaban J connectivity index is 1.46. The van der Waals surface area contributed by atoms with Gasteiger partial charge in [-0.05, 0) is 31.8 Å². The van der Waals surface area contributed by atoms with Crippen LogP contribution in [0, 0.1) is 5.92 Å². The lowest BCUT2D eigenvalue weighted by Crippen LogP contribution is -2.51. The molecule has 0 aliphatic carbocycles. The lowest BCUT2D eigenvalue weighted by atomic mass is 9.98. The summed E-state index contributed by atoms with van der Waals surface area (Å²) < 4.78 is 0. The summed E-state index contributed by atoms with van der Waals surface area (Å²) in [6.45, 7) is 10.5. The minimum atomic E-state index is 0.666. The van der Waals surface area contributed by atoms with Gasteiger partial charge in [0.25, 0.3) is 0 Å². The van der Waals surface area contributed by atoms with Gasteiger partial charge in [-0.3, -0.25) is 4.99 Å². The van der Waals surface area contributed by atoms with E-state index in [2.05, 4.69) is 26.6 Å². The Labute approximate surface area is 143 Å². The molecule has 128 valence electrons. The summed E-state index contributed by atoms with van der Waals surface area (Å²) in [6, 6.07) is 0. The SMILES string of the molecule is CCN1CCCC(CN=C(N)N2CCN(c3nccs3)CC2)C1. The molecule has 0 aromatic carbocycles. The molecule has 0 radical (unpaired) electrons. The fourth-order valence-corrected chi connectivity index (χ4v) is 4.11. The molecule has 0 amide bonds. The number of piperidine rings is 1. The van der Waals surface area contributed by atoms with Crippen molar-refractivity contribution in [3.63, 3.8) is 0 Å². The zero-order chi connectivity index (χ0) is 16.1. The first-order chi connectivity index (χ1) is 11.3. The number of hydrogen-bond donors (Lipinski definition) is 1. The van der Waals surface area contributed by atoms with Crippen molar-refractivity contribution >= 4 is 22.4 Å². The van der Waals surface area contributed by atoms with Gasteiger partial charge in [0.2, 0.25) is 0 Å². The quantitative estimate of drug-likeness (QED) is 0.664. The van der Waals surface area contributed by atoms with E-state index in [0.717, 1.165) is 50.4 Å². The van der Waals surface area contributed by atoms with Crippen molar-refractivity contribution in [2.24, 2.45) is 16.6 Å². The molecule has 3 heterocycles. The molecule has 1 atom stereocenters. The van der Waals surface area contributed by atoms with Gasteiger partial charge < -0.3 is 20.4 Å². The van der Waals surface area contributed by atoms with Crippen LogP contribution < -0.4 is 10.6 Å². The smallest absolute Gasteiger partial charge is 0.191 e. The first-order valence-corrected chi connectivity index (χ1v) is 9.56. The fraction of sp³-hybridized carbons (Fsp3) is 0.750. The number of thiazole rings is 1. The van der Waals surface area contributed by atoms with Crippen LogP contribution in [0.25, 0.3) is 0 Å². The first kappa shape index (κ1) is 16.5. The fourth-order valence-electron chi connectivity index (χ4n) is 3.41. The van der Waals surface area contributed by atoms with Gasteiger partial charge in [-0.2, -0.15) is 0 Å². The van der Waals surface area contributed by atoms with E-state index in [9.17, 15) is 0 Å². The Kier molecular flexibility index (Phi) is 5.72. The highest BCUT2D eigenvalue weighted by molar-refractivity contribution is 7.13. The Morgan fingerprint density at radius 2 is 2.17 bits per heavy atom. The summed E-state index contributed by atoms with van der Waals surface area (Å²) in [4.78, 5) is 16.1. The average molecular weight is 337 g/mol. The summed E-state index contributed by atoms with van der Waals surface area (Å²) in [5.41, 5.74) is 6.23. The molecule has 2 saturated heterocycles. The predicted octanol–water partition coefficient (Wildman–Crippen LogP) is 1.31. The Hall–Kier alpha value is -1.34. The van der Waals surface area contributed by atoms with Crippen molar-refractivity contribution in [3.8, 4) is 0 Å². The van der Waals surface area contributed by atoms with E-state index >= 15 is 0 Å². The number of anilines is 1. The number of aliphatic imine (C=N–C) groups is 1. The molecule has 0 saturated carbocycles. The molecule has 2 aliphatic heterocycles. The predicted molar refractivity (Wildman–Crippen MR) is 97.2 cm³/mol. The summed E-state index contributed by atoms with van der Waals surface area (Å²) in [6.07, 6.45) is 4.44. The maximum absolute atomic E-state index is 6.23. The number of hydrogen-bond acceptors (Lipinski definition) is 5. The lowest BCUT2D eigenvalue weighted by molar-refractivity contribution is 0.186. The van der Waals surface area contributed by atoms with Crippen LogP contribution in [0.2, 0.25) is 0 Å². The second-order valence-corrected chi connectivity index (χ2v) is 7.26. The molecule has 23 heavy (non-hydrogen) atoms. The van der Waals surface area contributed by atoms with Crippen molar-refractivity contribution in [3.05, 3.63) is 11.6 Å². The number of nitrogens with two attached hydrogens (primary N) is 1. The molecule has 2 fully saturated rings. The van der Waals surface area contributed by atoms with Crippen molar-refractivity contribution < 1.29 is 0 Å². The number of piperazine rings is 1. The summed E-state index contributed by atoms with van der Waals surface area (Å²) in [7, 11) is 0. The zero-order valence-corrected chi connectivity index (χ0v) is 14.8. The molecular weight excluding hydrogens is 308 g/mol. The van der Waals surface area contributed by atoms with E-state index in [-0.39, 0.29) is 0 Å². The van der Waals surface area contributed by atoms with Gasteiger partial charge in [-0.15, -0.1) is 11.3 Å². The van der Waals surface area contributed by atoms with Gasteiger partial charge in [0.05, 0.1) is 0 Å². The minimum Gasteiger partial charge on any atom is -0.370 e. The van der Waals surface area contributed by atoms with Crippen molar-refractivity contribution in [2.45, 2.75) is 19.8 Å². The summed E-state index contributed by atoms with van der Waals surface area (Å²) in [5.74, 6) is 1.39. The van der Waals surface area contributed by atoms with Crippen LogP contribution in [0.1, 0.15) is 19.8 Å². The third-order valence-electron chi connectivity index (χ3n) is 4.86. The third-order valence-corrected chi connectivity index (χ3v) is 5.69. The maximum atomic E-state index is 6.23. The minimum absolute atomic E-state index is 0.666. The molecule has 7 heteroatoms. The molecule has 1 aromatic rings. The molecule has 1 aromatic heterocycles. The number of likely N-dealkylation sites (tertiary alicyclic amines) is 1. The standard InChI is InChI=1S/C16H28N6S/c1-2-20-6-3-4-14(13-20)12-19-15(17)21-7-9-22(10-8-21)16-18-5-11-23-16/h5,11,14H,2-4,6-10,12-13H2,1H3,(H2,17,19). The Bertz CT molecular complexity index is 495. The summed E-state index contributed by atoms with van der Waals surface area (Å²) in [5, 5.41) is 3.14. The second-order valence-electron chi connectivity index (χ2n) is 6.39. The van der Waals surface area contributed by atoms with Gasteiger partial charge in [0, 0.05) is 50.8 Å². The Morgan fingerprint density at radius 3 is 2.87 bits per heavy atom. The third kappa shape index (κ3) is 4.35. The van der Waals surface area contributed by atoms with E-state index in [1.807, 2.05) is 11.6 Å². The Morgan fingerprint density at radius 1 is 1.35 bits per heavy atom. The largest absolute Gasteiger partial charge is 0.370 e. The topological polar surface area (TPSA) is 61.0 Å². The molecule has 6 nitrogen and oxygen atoms in total. The van der Waals surface area contributed by atoms with E-state index in [1.165, 1.54) is 25.9 Å². The summed E-state index contributed by atoms with van der Waals surface area (Å²) >= 11 is 1.70. The van der Waals surface area contributed by atoms with Gasteiger partial charge in [-0.1, -0.05) is 6.92 Å². The monoisotopic (exact) mass is 336 g/mol. The van der Waals surface area contributed by atoms with Crippen molar-refractivity contribution in [1.29, 1.82) is 0 Å². The molecule has 3 rings (SSSR count). The second kappa shape index (κ2) is 7.97. The number of guanidine groups is 1. The maximum Gasteiger partial charge on any atom is 0.191 e. The van der Waals surface area contributed by atoms with Crippen molar-refractivity contribution in [1.82, 2.24) is 14.8 Å². The van der Waals surface area contributed by atoms with E-state index < -0.39 is 0 Å². The zero-order valence-electron chi connectivity index (χ0n) is 14.0. The average Bonchev–Trinajstić information content (AvgIpc) is 3.14. The number of nitrogens with zero attached hydrogens (tertiary/aromatic N) is 5. The molecule has 2 N–H and O–H groups in total. The molecule has 0 spiro atoms. The number of rotatable bonds is 4. The highest BCUT2D eigenvalue weighted by atomic mass is 32.1. The lowest BCUT2D eigenvalue weighted by Gasteiger charge is -2.35. The van der Waals surface area contributed by atoms with Crippen LogP contribution in [0.3, 0.4) is 0 Å². The highest BCUT2D eigenvalue weighted by Crippen LogP contribution is 2.19. The normalized spacial score (nSPS) is 24.2. The van der Waals surface area contributed by atoms with Crippen molar-refractivity contribution in [2.75, 3.05) is 57.3 Å². The van der Waals surface area contributed by atoms with Crippen LogP contribution in [0.4, 0.5) is 5.13 Å². The molecule has 1 unspecified atom stereocenters. The molecule has 2 aliphatic rings. The van der Waals surface area contributed by atoms with Gasteiger partial charge in [0.15, 0.2) is 11.1 Å². The van der Waals surface area contributed by atoms with Crippen LogP contribution in [0.5, 0.6) is 0 Å². The molecule has 0 bridgehead atoms. The van der Waals surface area contributed by atoms with Crippen LogP contribution >= 0.6 is 11.3 Å². The first-order valence-electron chi connectivity index (χ1n) is 8.68. The van der Waals surface area contributed by atoms with E-state index in [4.69, 9.17) is 10.7 Å². The highest BCUT2D eigenvalue weighted by Gasteiger charge is 2.21. The van der Waals surface area contributed by atoms with Crippen LogP contribution in [-0.4, -0.2) is 73.1 Å². The van der Waals surface area contributed by atoms with Crippen LogP contribution in [0.15, 0.2) is 16.6 Å². The van der Waals surface area contributed by atoms with Gasteiger partial charge >= 0.3 is 0 Å². The van der Waals surface area contributed by atoms with E-state index in [0.29, 0.717) is 5.92 Å². The van der Waals surface area contributed by atoms with Gasteiger partial charge in [0.1, 0.15) is 0 Å². The number of aromatic nitrogens is 1. The van der Waals surface area contributed by atoms with E-state index in [1.54, 1.807) is 11.3 Å². The van der Waals surface area contributed by atoms with Gasteiger partial charge in [-0.25, -0.2) is 4.98 Å². The van der Waals surface area contributed by atoms with Crippen LogP contribution in [-0.2, 0) is 0 Å². The molecular formula is C16H28N6S.